The van der Waals surface area contributed by atoms with Gasteiger partial charge < -0.3 is 4.90 Å². The zero-order valence-electron chi connectivity index (χ0n) is 12.5. The van der Waals surface area contributed by atoms with Gasteiger partial charge in [0.25, 0.3) is 5.92 Å². The van der Waals surface area contributed by atoms with Gasteiger partial charge in [-0.3, -0.25) is 0 Å². The van der Waals surface area contributed by atoms with Crippen molar-refractivity contribution in [3.63, 3.8) is 0 Å². The lowest BCUT2D eigenvalue weighted by atomic mass is 10.1. The first-order valence-corrected chi connectivity index (χ1v) is 7.26. The SMILES string of the molecule is N#Cc1cnc(N2CCC(F)(F)CC2)cc1-c1ccn(C(F)F)n1. The first-order valence-electron chi connectivity index (χ1n) is 7.26. The molecule has 126 valence electrons. The summed E-state index contributed by atoms with van der Waals surface area (Å²) in [5, 5.41) is 12.9. The maximum absolute atomic E-state index is 13.3. The number of anilines is 1. The maximum atomic E-state index is 13.3. The number of halogens is 4. The van der Waals surface area contributed by atoms with Gasteiger partial charge in [-0.15, -0.1) is 0 Å². The molecule has 5 nitrogen and oxygen atoms in total. The van der Waals surface area contributed by atoms with Crippen LogP contribution in [-0.4, -0.2) is 33.8 Å². The molecule has 0 unspecified atom stereocenters. The minimum absolute atomic E-state index is 0.136. The highest BCUT2D eigenvalue weighted by Crippen LogP contribution is 2.32. The van der Waals surface area contributed by atoms with E-state index >= 15 is 0 Å². The smallest absolute Gasteiger partial charge is 0.333 e. The summed E-state index contributed by atoms with van der Waals surface area (Å²) in [6, 6.07) is 4.84. The minimum atomic E-state index is -2.78. The molecule has 0 aromatic carbocycles. The summed E-state index contributed by atoms with van der Waals surface area (Å²) >= 11 is 0. The van der Waals surface area contributed by atoms with Crippen LogP contribution in [0.4, 0.5) is 23.4 Å². The average Bonchev–Trinajstić information content (AvgIpc) is 3.04. The summed E-state index contributed by atoms with van der Waals surface area (Å²) < 4.78 is 52.3. The average molecular weight is 339 g/mol. The fourth-order valence-electron chi connectivity index (χ4n) is 2.57. The van der Waals surface area contributed by atoms with Crippen LogP contribution in [0.2, 0.25) is 0 Å². The zero-order chi connectivity index (χ0) is 17.3. The Labute approximate surface area is 135 Å². The van der Waals surface area contributed by atoms with E-state index in [1.165, 1.54) is 18.3 Å². The predicted molar refractivity (Wildman–Crippen MR) is 77.8 cm³/mol. The quantitative estimate of drug-likeness (QED) is 0.804. The normalized spacial score (nSPS) is 17.1. The van der Waals surface area contributed by atoms with Crippen LogP contribution in [0.5, 0.6) is 0 Å². The summed E-state index contributed by atoms with van der Waals surface area (Å²) in [7, 11) is 0. The van der Waals surface area contributed by atoms with Gasteiger partial charge in [-0.05, 0) is 12.1 Å². The molecule has 0 aliphatic carbocycles. The monoisotopic (exact) mass is 339 g/mol. The summed E-state index contributed by atoms with van der Waals surface area (Å²) in [6.07, 6.45) is 1.87. The molecule has 0 spiro atoms. The van der Waals surface area contributed by atoms with Crippen molar-refractivity contribution in [2.24, 2.45) is 0 Å². The Morgan fingerprint density at radius 3 is 2.54 bits per heavy atom. The molecule has 24 heavy (non-hydrogen) atoms. The molecule has 2 aromatic heterocycles. The van der Waals surface area contributed by atoms with Gasteiger partial charge in [0.15, 0.2) is 0 Å². The number of hydrogen-bond acceptors (Lipinski definition) is 4. The highest BCUT2D eigenvalue weighted by atomic mass is 19.3. The summed E-state index contributed by atoms with van der Waals surface area (Å²) in [5.41, 5.74) is 0.734. The van der Waals surface area contributed by atoms with E-state index in [1.807, 2.05) is 6.07 Å². The molecule has 1 aliphatic rings. The fourth-order valence-corrected chi connectivity index (χ4v) is 2.57. The molecular weight excluding hydrogens is 326 g/mol. The summed E-state index contributed by atoms with van der Waals surface area (Å²) in [6.45, 7) is -2.51. The fraction of sp³-hybridized carbons (Fsp3) is 0.400. The highest BCUT2D eigenvalue weighted by Gasteiger charge is 2.34. The Morgan fingerprint density at radius 2 is 1.96 bits per heavy atom. The molecule has 0 radical (unpaired) electrons. The van der Waals surface area contributed by atoms with Gasteiger partial charge in [-0.2, -0.15) is 19.1 Å². The van der Waals surface area contributed by atoms with Crippen LogP contribution in [0.25, 0.3) is 11.3 Å². The number of aromatic nitrogens is 3. The van der Waals surface area contributed by atoms with Gasteiger partial charge in [0, 0.05) is 43.9 Å². The van der Waals surface area contributed by atoms with Crippen LogP contribution in [0, 0.1) is 11.3 Å². The molecule has 3 heterocycles. The molecule has 9 heteroatoms. The Balaban J connectivity index is 1.92. The van der Waals surface area contributed by atoms with Crippen LogP contribution in [-0.2, 0) is 0 Å². The predicted octanol–water partition coefficient (Wildman–Crippen LogP) is 3.45. The van der Waals surface area contributed by atoms with Crippen molar-refractivity contribution in [2.45, 2.75) is 25.3 Å². The van der Waals surface area contributed by atoms with Gasteiger partial charge in [0.1, 0.15) is 11.9 Å². The molecule has 1 fully saturated rings. The Bertz CT molecular complexity index is 770. The van der Waals surface area contributed by atoms with Crippen molar-refractivity contribution in [2.75, 3.05) is 18.0 Å². The third-order valence-electron chi connectivity index (χ3n) is 3.91. The van der Waals surface area contributed by atoms with Crippen molar-refractivity contribution in [3.8, 4) is 17.3 Å². The highest BCUT2D eigenvalue weighted by molar-refractivity contribution is 5.70. The number of alkyl halides is 4. The number of piperidine rings is 1. The van der Waals surface area contributed by atoms with Gasteiger partial charge in [0.2, 0.25) is 0 Å². The zero-order valence-corrected chi connectivity index (χ0v) is 12.5. The van der Waals surface area contributed by atoms with Crippen molar-refractivity contribution in [1.29, 1.82) is 5.26 Å². The minimum Gasteiger partial charge on any atom is -0.356 e. The van der Waals surface area contributed by atoms with Crippen LogP contribution in [0.3, 0.4) is 0 Å². The second-order valence-corrected chi connectivity index (χ2v) is 5.50. The van der Waals surface area contributed by atoms with E-state index < -0.39 is 12.5 Å². The lowest BCUT2D eigenvalue weighted by molar-refractivity contribution is -0.0221. The molecule has 0 amide bonds. The second-order valence-electron chi connectivity index (χ2n) is 5.50. The maximum Gasteiger partial charge on any atom is 0.333 e. The number of rotatable bonds is 3. The largest absolute Gasteiger partial charge is 0.356 e. The molecular formula is C15H13F4N5. The van der Waals surface area contributed by atoms with Crippen LogP contribution < -0.4 is 4.90 Å². The number of nitrogens with zero attached hydrogens (tertiary/aromatic N) is 5. The number of hydrogen-bond donors (Lipinski definition) is 0. The molecule has 3 rings (SSSR count). The van der Waals surface area contributed by atoms with E-state index in [-0.39, 0.29) is 37.2 Å². The standard InChI is InChI=1S/C15H13F4N5/c16-14(17)24-4-1-12(22-24)11-7-13(21-9-10(11)8-20)23-5-2-15(18,19)3-6-23/h1,4,7,9,14H,2-3,5-6H2. The number of nitriles is 1. The van der Waals surface area contributed by atoms with Crippen molar-refractivity contribution < 1.29 is 17.6 Å². The van der Waals surface area contributed by atoms with E-state index in [1.54, 1.807) is 4.90 Å². The van der Waals surface area contributed by atoms with Gasteiger partial charge >= 0.3 is 6.55 Å². The van der Waals surface area contributed by atoms with E-state index in [0.717, 1.165) is 6.20 Å². The van der Waals surface area contributed by atoms with E-state index in [0.29, 0.717) is 16.1 Å². The number of pyridine rings is 1. The molecule has 0 bridgehead atoms. The lowest BCUT2D eigenvalue weighted by Gasteiger charge is -2.32. The van der Waals surface area contributed by atoms with Crippen molar-refractivity contribution >= 4 is 5.82 Å². The lowest BCUT2D eigenvalue weighted by Crippen LogP contribution is -2.39. The molecule has 0 N–H and O–H groups in total. The first-order chi connectivity index (χ1) is 11.4. The van der Waals surface area contributed by atoms with Gasteiger partial charge in [-0.1, -0.05) is 0 Å². The van der Waals surface area contributed by atoms with Crippen molar-refractivity contribution in [3.05, 3.63) is 30.1 Å². The molecule has 1 aliphatic heterocycles. The van der Waals surface area contributed by atoms with Gasteiger partial charge in [-0.25, -0.2) is 18.4 Å². The Kier molecular flexibility index (Phi) is 4.13. The van der Waals surface area contributed by atoms with Crippen LogP contribution >= 0.6 is 0 Å². The van der Waals surface area contributed by atoms with E-state index in [9.17, 15) is 22.8 Å². The van der Waals surface area contributed by atoms with Crippen molar-refractivity contribution in [1.82, 2.24) is 14.8 Å². The Hall–Kier alpha value is -2.63. The first kappa shape index (κ1) is 16.2. The van der Waals surface area contributed by atoms with Gasteiger partial charge in [0.05, 0.1) is 11.3 Å². The summed E-state index contributed by atoms with van der Waals surface area (Å²) in [5.74, 6) is -2.26. The molecule has 2 aromatic rings. The molecule has 0 saturated carbocycles. The second kappa shape index (κ2) is 6.11. The molecule has 0 atom stereocenters. The van der Waals surface area contributed by atoms with Crippen LogP contribution in [0.15, 0.2) is 24.5 Å². The summed E-state index contributed by atoms with van der Waals surface area (Å²) in [4.78, 5) is 5.81. The van der Waals surface area contributed by atoms with E-state index in [4.69, 9.17) is 0 Å². The molecule has 1 saturated heterocycles. The third kappa shape index (κ3) is 3.18. The van der Waals surface area contributed by atoms with Crippen LogP contribution in [0.1, 0.15) is 25.0 Å². The Morgan fingerprint density at radius 1 is 1.25 bits per heavy atom. The van der Waals surface area contributed by atoms with E-state index in [2.05, 4.69) is 10.1 Å². The third-order valence-corrected chi connectivity index (χ3v) is 3.91. The topological polar surface area (TPSA) is 57.7 Å².